The summed E-state index contributed by atoms with van der Waals surface area (Å²) in [5.41, 5.74) is 2.01. The van der Waals surface area contributed by atoms with E-state index in [0.29, 0.717) is 42.0 Å². The van der Waals surface area contributed by atoms with Crippen molar-refractivity contribution in [1.82, 2.24) is 4.31 Å². The number of oxime groups is 1. The lowest BCUT2D eigenvalue weighted by Crippen LogP contribution is -2.39. The van der Waals surface area contributed by atoms with Gasteiger partial charge in [0.25, 0.3) is 0 Å². The van der Waals surface area contributed by atoms with Gasteiger partial charge in [-0.3, -0.25) is 0 Å². The summed E-state index contributed by atoms with van der Waals surface area (Å²) in [4.78, 5) is 5.94. The highest BCUT2D eigenvalue weighted by Crippen LogP contribution is 2.38. The molecule has 7 nitrogen and oxygen atoms in total. The van der Waals surface area contributed by atoms with Crippen molar-refractivity contribution >= 4 is 15.7 Å². The van der Waals surface area contributed by atoms with E-state index in [1.807, 2.05) is 0 Å². The fourth-order valence-corrected chi connectivity index (χ4v) is 5.77. The van der Waals surface area contributed by atoms with Gasteiger partial charge in [-0.15, -0.1) is 0 Å². The number of hydrogen-bond acceptors (Lipinski definition) is 6. The first-order chi connectivity index (χ1) is 17.4. The van der Waals surface area contributed by atoms with Gasteiger partial charge in [0.2, 0.25) is 10.0 Å². The second-order valence-electron chi connectivity index (χ2n) is 8.43. The molecule has 2 aliphatic rings. The van der Waals surface area contributed by atoms with Crippen molar-refractivity contribution in [2.75, 3.05) is 26.3 Å². The maximum absolute atomic E-state index is 13.4. The topological polar surface area (TPSA) is 77.4 Å². The van der Waals surface area contributed by atoms with Crippen molar-refractivity contribution in [2.24, 2.45) is 5.16 Å². The Balaban J connectivity index is 1.31. The number of rotatable bonds is 6. The Labute approximate surface area is 207 Å². The number of nitrogens with zero attached hydrogens (tertiary/aromatic N) is 2. The van der Waals surface area contributed by atoms with Crippen LogP contribution in [0.1, 0.15) is 30.1 Å². The molecule has 3 aromatic rings. The summed E-state index contributed by atoms with van der Waals surface area (Å²) in [6.07, 6.45) is 0.0875. The Hall–Kier alpha value is -3.50. The number of halogens is 2. The number of hydrogen-bond donors (Lipinski definition) is 0. The Morgan fingerprint density at radius 3 is 2.03 bits per heavy atom. The third kappa shape index (κ3) is 5.05. The van der Waals surface area contributed by atoms with E-state index in [1.54, 1.807) is 36.4 Å². The molecule has 1 fully saturated rings. The van der Waals surface area contributed by atoms with Gasteiger partial charge >= 0.3 is 0 Å². The first-order valence-electron chi connectivity index (χ1n) is 11.5. The van der Waals surface area contributed by atoms with Gasteiger partial charge in [0.05, 0.1) is 5.71 Å². The summed E-state index contributed by atoms with van der Waals surface area (Å²) < 4.78 is 66.0. The Morgan fingerprint density at radius 2 is 1.42 bits per heavy atom. The first kappa shape index (κ1) is 24.2. The lowest BCUT2D eigenvalue weighted by molar-refractivity contribution is 0.0855. The van der Waals surface area contributed by atoms with Crippen LogP contribution in [-0.2, 0) is 14.9 Å². The fourth-order valence-electron chi connectivity index (χ4n) is 4.18. The number of para-hydroxylation sites is 1. The van der Waals surface area contributed by atoms with Crippen LogP contribution >= 0.6 is 0 Å². The Kier molecular flexibility index (Phi) is 6.88. The summed E-state index contributed by atoms with van der Waals surface area (Å²) >= 11 is 0. The van der Waals surface area contributed by atoms with Gasteiger partial charge in [0.15, 0.2) is 17.6 Å². The van der Waals surface area contributed by atoms with E-state index in [9.17, 15) is 17.2 Å². The molecule has 3 aromatic carbocycles. The SMILES string of the molecule is O=S(=O)(c1cccc2c1OCCO2)N1CCC(=NOC(c2ccc(F)cc2)c2ccc(F)cc2)CC1. The molecular formula is C26H24F2N2O5S. The average Bonchev–Trinajstić information content (AvgIpc) is 2.90. The van der Waals surface area contributed by atoms with Crippen LogP contribution in [0.4, 0.5) is 8.78 Å². The van der Waals surface area contributed by atoms with Crippen LogP contribution in [0, 0.1) is 11.6 Å². The second-order valence-corrected chi connectivity index (χ2v) is 10.3. The van der Waals surface area contributed by atoms with Gasteiger partial charge < -0.3 is 14.3 Å². The average molecular weight is 515 g/mol. The van der Waals surface area contributed by atoms with E-state index in [1.165, 1.54) is 34.6 Å². The third-order valence-electron chi connectivity index (χ3n) is 6.08. The van der Waals surface area contributed by atoms with E-state index >= 15 is 0 Å². The van der Waals surface area contributed by atoms with Crippen molar-refractivity contribution in [3.05, 3.63) is 89.5 Å². The van der Waals surface area contributed by atoms with Crippen LogP contribution in [0.3, 0.4) is 0 Å². The van der Waals surface area contributed by atoms with E-state index < -0.39 is 16.1 Å². The van der Waals surface area contributed by atoms with Crippen LogP contribution in [0.2, 0.25) is 0 Å². The first-order valence-corrected chi connectivity index (χ1v) is 13.0. The summed E-state index contributed by atoms with van der Waals surface area (Å²) in [7, 11) is -3.79. The normalized spacial score (nSPS) is 16.1. The van der Waals surface area contributed by atoms with Crippen LogP contribution in [-0.4, -0.2) is 44.7 Å². The lowest BCUT2D eigenvalue weighted by atomic mass is 10.0. The van der Waals surface area contributed by atoms with Gasteiger partial charge in [-0.1, -0.05) is 35.5 Å². The molecule has 0 saturated carbocycles. The van der Waals surface area contributed by atoms with E-state index in [4.69, 9.17) is 14.3 Å². The van der Waals surface area contributed by atoms with Gasteiger partial charge in [-0.25, -0.2) is 17.2 Å². The molecule has 0 N–H and O–H groups in total. The van der Waals surface area contributed by atoms with Crippen LogP contribution in [0.5, 0.6) is 11.5 Å². The molecule has 0 atom stereocenters. The van der Waals surface area contributed by atoms with E-state index in [-0.39, 0.29) is 42.0 Å². The van der Waals surface area contributed by atoms with Crippen molar-refractivity contribution in [2.45, 2.75) is 23.8 Å². The predicted octanol–water partition coefficient (Wildman–Crippen LogP) is 4.68. The van der Waals surface area contributed by atoms with Crippen molar-refractivity contribution in [1.29, 1.82) is 0 Å². The van der Waals surface area contributed by atoms with E-state index in [0.717, 1.165) is 0 Å². The van der Waals surface area contributed by atoms with Gasteiger partial charge in [-0.05, 0) is 47.5 Å². The zero-order valence-electron chi connectivity index (χ0n) is 19.3. The molecule has 0 unspecified atom stereocenters. The fraction of sp³-hybridized carbons (Fsp3) is 0.269. The molecule has 1 saturated heterocycles. The molecule has 0 bridgehead atoms. The molecular weight excluding hydrogens is 490 g/mol. The van der Waals surface area contributed by atoms with Crippen LogP contribution in [0.15, 0.2) is 76.8 Å². The number of fused-ring (bicyclic) bond motifs is 1. The molecule has 188 valence electrons. The zero-order chi connectivity index (χ0) is 25.1. The Morgan fingerprint density at radius 1 is 0.833 bits per heavy atom. The maximum Gasteiger partial charge on any atom is 0.246 e. The molecule has 10 heteroatoms. The smallest absolute Gasteiger partial charge is 0.246 e. The molecule has 36 heavy (non-hydrogen) atoms. The highest BCUT2D eigenvalue weighted by atomic mass is 32.2. The number of sulfonamides is 1. The maximum atomic E-state index is 13.4. The minimum absolute atomic E-state index is 0.0871. The quantitative estimate of drug-likeness (QED) is 0.447. The number of ether oxygens (including phenoxy) is 2. The number of benzene rings is 3. The highest BCUT2D eigenvalue weighted by Gasteiger charge is 2.33. The van der Waals surface area contributed by atoms with Gasteiger partial charge in [-0.2, -0.15) is 4.31 Å². The molecule has 5 rings (SSSR count). The molecule has 0 amide bonds. The summed E-state index contributed by atoms with van der Waals surface area (Å²) in [6, 6.07) is 16.5. The second kappa shape index (κ2) is 10.2. The van der Waals surface area contributed by atoms with Gasteiger partial charge in [0.1, 0.15) is 29.7 Å². The van der Waals surface area contributed by atoms with Crippen molar-refractivity contribution in [3.63, 3.8) is 0 Å². The summed E-state index contributed by atoms with van der Waals surface area (Å²) in [5.74, 6) is -0.100. The standard InChI is InChI=1S/C26H24F2N2O5S/c27-20-8-4-18(5-9-20)25(19-6-10-21(28)11-7-19)35-29-22-12-14-30(15-13-22)36(31,32)24-3-1-2-23-26(24)34-17-16-33-23/h1-11,25H,12-17H2. The van der Waals surface area contributed by atoms with Gasteiger partial charge in [0, 0.05) is 25.9 Å². The minimum atomic E-state index is -3.79. The van der Waals surface area contributed by atoms with Crippen LogP contribution < -0.4 is 9.47 Å². The van der Waals surface area contributed by atoms with Crippen molar-refractivity contribution in [3.8, 4) is 11.5 Å². The summed E-state index contributed by atoms with van der Waals surface area (Å²) in [6.45, 7) is 1.12. The molecule has 0 radical (unpaired) electrons. The summed E-state index contributed by atoms with van der Waals surface area (Å²) in [5, 5.41) is 4.30. The number of piperidine rings is 1. The molecule has 2 aliphatic heterocycles. The molecule has 0 aromatic heterocycles. The third-order valence-corrected chi connectivity index (χ3v) is 8.00. The molecule has 2 heterocycles. The monoisotopic (exact) mass is 514 g/mol. The zero-order valence-corrected chi connectivity index (χ0v) is 20.1. The molecule has 0 aliphatic carbocycles. The van der Waals surface area contributed by atoms with E-state index in [2.05, 4.69) is 5.16 Å². The largest absolute Gasteiger partial charge is 0.486 e. The lowest BCUT2D eigenvalue weighted by Gasteiger charge is -2.29. The Bertz CT molecular complexity index is 1310. The minimum Gasteiger partial charge on any atom is -0.486 e. The predicted molar refractivity (Wildman–Crippen MR) is 129 cm³/mol. The van der Waals surface area contributed by atoms with Crippen LogP contribution in [0.25, 0.3) is 0 Å². The highest BCUT2D eigenvalue weighted by molar-refractivity contribution is 7.89. The molecule has 0 spiro atoms. The van der Waals surface area contributed by atoms with Crippen molar-refractivity contribution < 1.29 is 31.5 Å².